The second kappa shape index (κ2) is 9.25. The Labute approximate surface area is 156 Å². The van der Waals surface area contributed by atoms with Gasteiger partial charge in [-0.15, -0.1) is 0 Å². The fourth-order valence-electron chi connectivity index (χ4n) is 3.04. The van der Waals surface area contributed by atoms with Gasteiger partial charge in [0.25, 0.3) is 0 Å². The van der Waals surface area contributed by atoms with E-state index >= 15 is 0 Å². The molecule has 0 aromatic heterocycles. The lowest BCUT2D eigenvalue weighted by Crippen LogP contribution is -2.14. The highest BCUT2D eigenvalue weighted by Crippen LogP contribution is 2.28. The number of ether oxygens (including phenoxy) is 2. The Morgan fingerprint density at radius 3 is 2.46 bits per heavy atom. The lowest BCUT2D eigenvalue weighted by molar-refractivity contribution is 0.306. The number of hydrogen-bond donors (Lipinski definition) is 1. The number of benzene rings is 3. The summed E-state index contributed by atoms with van der Waals surface area (Å²) in [5.74, 6) is 1.87. The van der Waals surface area contributed by atoms with Gasteiger partial charge in [-0.3, -0.25) is 0 Å². The molecule has 3 aromatic rings. The van der Waals surface area contributed by atoms with Crippen molar-refractivity contribution in [3.05, 3.63) is 71.8 Å². The second-order valence-corrected chi connectivity index (χ2v) is 6.42. The summed E-state index contributed by atoms with van der Waals surface area (Å²) in [6.07, 6.45) is 2.21. The summed E-state index contributed by atoms with van der Waals surface area (Å²) in [7, 11) is 1.69. The first-order valence-electron chi connectivity index (χ1n) is 9.29. The van der Waals surface area contributed by atoms with Gasteiger partial charge < -0.3 is 14.8 Å². The van der Waals surface area contributed by atoms with Gasteiger partial charge in [-0.1, -0.05) is 55.8 Å². The lowest BCUT2D eigenvalue weighted by atomic mass is 10.0. The van der Waals surface area contributed by atoms with Crippen LogP contribution in [0.1, 0.15) is 30.9 Å². The number of hydrogen-bond acceptors (Lipinski definition) is 3. The van der Waals surface area contributed by atoms with Gasteiger partial charge in [-0.2, -0.15) is 0 Å². The Hall–Kier alpha value is -2.52. The van der Waals surface area contributed by atoms with Gasteiger partial charge in [0, 0.05) is 18.7 Å². The van der Waals surface area contributed by atoms with Gasteiger partial charge in [0.2, 0.25) is 0 Å². The summed E-state index contributed by atoms with van der Waals surface area (Å²) < 4.78 is 11.3. The summed E-state index contributed by atoms with van der Waals surface area (Å²) in [4.78, 5) is 0. The van der Waals surface area contributed by atoms with Gasteiger partial charge in [0.05, 0.1) is 13.7 Å². The van der Waals surface area contributed by atoms with E-state index in [0.717, 1.165) is 44.0 Å². The van der Waals surface area contributed by atoms with Gasteiger partial charge in [0.15, 0.2) is 0 Å². The fraction of sp³-hybridized carbons (Fsp3) is 0.304. The Bertz CT molecular complexity index is 827. The second-order valence-electron chi connectivity index (χ2n) is 6.42. The van der Waals surface area contributed by atoms with Crippen LogP contribution in [0.2, 0.25) is 0 Å². The van der Waals surface area contributed by atoms with Crippen LogP contribution < -0.4 is 14.8 Å². The number of nitrogens with one attached hydrogen (secondary N) is 1. The maximum absolute atomic E-state index is 6.06. The zero-order valence-corrected chi connectivity index (χ0v) is 15.6. The standard InChI is InChI=1S/C23H27NO2/c1-3-4-15-26-23-14-11-19-7-5-6-8-21(19)22(23)17-24-16-18-9-12-20(25-2)13-10-18/h5-14,24H,3-4,15-17H2,1-2H3. The van der Waals surface area contributed by atoms with Crippen LogP contribution in [-0.2, 0) is 13.1 Å². The summed E-state index contributed by atoms with van der Waals surface area (Å²) in [6.45, 7) is 4.53. The third kappa shape index (κ3) is 4.55. The Morgan fingerprint density at radius 1 is 0.885 bits per heavy atom. The van der Waals surface area contributed by atoms with Crippen LogP contribution in [0.5, 0.6) is 11.5 Å². The van der Waals surface area contributed by atoms with Crippen molar-refractivity contribution in [3.8, 4) is 11.5 Å². The molecular formula is C23H27NO2. The molecule has 0 unspecified atom stereocenters. The van der Waals surface area contributed by atoms with Crippen LogP contribution in [0.15, 0.2) is 60.7 Å². The Morgan fingerprint density at radius 2 is 1.69 bits per heavy atom. The summed E-state index contributed by atoms with van der Waals surface area (Å²) >= 11 is 0. The molecule has 0 aliphatic rings. The summed E-state index contributed by atoms with van der Waals surface area (Å²) in [5, 5.41) is 6.06. The maximum atomic E-state index is 6.06. The van der Waals surface area contributed by atoms with E-state index in [1.54, 1.807) is 7.11 Å². The average Bonchev–Trinajstić information content (AvgIpc) is 2.69. The average molecular weight is 349 g/mol. The number of rotatable bonds is 9. The van der Waals surface area contributed by atoms with Crippen molar-refractivity contribution in [2.45, 2.75) is 32.9 Å². The first kappa shape index (κ1) is 18.3. The van der Waals surface area contributed by atoms with E-state index in [2.05, 4.69) is 60.8 Å². The molecule has 0 fully saturated rings. The van der Waals surface area contributed by atoms with E-state index in [0.29, 0.717) is 0 Å². The molecular weight excluding hydrogens is 322 g/mol. The minimum atomic E-state index is 0.764. The quantitative estimate of drug-likeness (QED) is 0.531. The minimum absolute atomic E-state index is 0.764. The van der Waals surface area contributed by atoms with Gasteiger partial charge >= 0.3 is 0 Å². The Balaban J connectivity index is 1.74. The topological polar surface area (TPSA) is 30.5 Å². The molecule has 3 heteroatoms. The molecule has 136 valence electrons. The molecule has 0 aliphatic carbocycles. The van der Waals surface area contributed by atoms with Crippen LogP contribution in [-0.4, -0.2) is 13.7 Å². The molecule has 0 atom stereocenters. The fourth-order valence-corrected chi connectivity index (χ4v) is 3.04. The molecule has 3 nitrogen and oxygen atoms in total. The number of methoxy groups -OCH3 is 1. The maximum Gasteiger partial charge on any atom is 0.124 e. The van der Waals surface area contributed by atoms with Crippen LogP contribution in [0, 0.1) is 0 Å². The van der Waals surface area contributed by atoms with E-state index in [9.17, 15) is 0 Å². The molecule has 0 spiro atoms. The zero-order valence-electron chi connectivity index (χ0n) is 15.6. The van der Waals surface area contributed by atoms with Crippen molar-refractivity contribution in [1.82, 2.24) is 5.32 Å². The van der Waals surface area contributed by atoms with Crippen molar-refractivity contribution in [2.75, 3.05) is 13.7 Å². The molecule has 0 radical (unpaired) electrons. The van der Waals surface area contributed by atoms with E-state index in [-0.39, 0.29) is 0 Å². The third-order valence-corrected chi connectivity index (χ3v) is 4.54. The van der Waals surface area contributed by atoms with Crippen molar-refractivity contribution in [2.24, 2.45) is 0 Å². The van der Waals surface area contributed by atoms with Crippen molar-refractivity contribution >= 4 is 10.8 Å². The van der Waals surface area contributed by atoms with E-state index in [1.165, 1.54) is 21.9 Å². The normalized spacial score (nSPS) is 10.8. The van der Waals surface area contributed by atoms with E-state index < -0.39 is 0 Å². The highest BCUT2D eigenvalue weighted by molar-refractivity contribution is 5.87. The molecule has 0 saturated heterocycles. The number of fused-ring (bicyclic) bond motifs is 1. The van der Waals surface area contributed by atoms with Crippen molar-refractivity contribution < 1.29 is 9.47 Å². The molecule has 1 N–H and O–H groups in total. The highest BCUT2D eigenvalue weighted by atomic mass is 16.5. The molecule has 0 saturated carbocycles. The minimum Gasteiger partial charge on any atom is -0.497 e. The van der Waals surface area contributed by atoms with E-state index in [4.69, 9.17) is 9.47 Å². The largest absolute Gasteiger partial charge is 0.497 e. The van der Waals surface area contributed by atoms with Crippen LogP contribution in [0.3, 0.4) is 0 Å². The molecule has 0 bridgehead atoms. The Kier molecular flexibility index (Phi) is 6.50. The summed E-state index contributed by atoms with van der Waals surface area (Å²) in [5.41, 5.74) is 2.47. The molecule has 3 aromatic carbocycles. The predicted molar refractivity (Wildman–Crippen MR) is 108 cm³/mol. The lowest BCUT2D eigenvalue weighted by Gasteiger charge is -2.15. The SMILES string of the molecule is CCCCOc1ccc2ccccc2c1CNCc1ccc(OC)cc1. The molecule has 3 rings (SSSR count). The van der Waals surface area contributed by atoms with Crippen molar-refractivity contribution in [3.63, 3.8) is 0 Å². The van der Waals surface area contributed by atoms with Gasteiger partial charge in [-0.05, 0) is 41.0 Å². The zero-order chi connectivity index (χ0) is 18.2. The third-order valence-electron chi connectivity index (χ3n) is 4.54. The first-order valence-corrected chi connectivity index (χ1v) is 9.29. The van der Waals surface area contributed by atoms with Crippen molar-refractivity contribution in [1.29, 1.82) is 0 Å². The predicted octanol–water partition coefficient (Wildman–Crippen LogP) is 5.32. The molecule has 26 heavy (non-hydrogen) atoms. The number of unbranched alkanes of at least 4 members (excludes halogenated alkanes) is 1. The van der Waals surface area contributed by atoms with Crippen LogP contribution >= 0.6 is 0 Å². The van der Waals surface area contributed by atoms with Gasteiger partial charge in [-0.25, -0.2) is 0 Å². The van der Waals surface area contributed by atoms with Crippen LogP contribution in [0.25, 0.3) is 10.8 Å². The van der Waals surface area contributed by atoms with E-state index in [1.807, 2.05) is 12.1 Å². The summed E-state index contributed by atoms with van der Waals surface area (Å²) in [6, 6.07) is 20.9. The molecule has 0 aliphatic heterocycles. The highest BCUT2D eigenvalue weighted by Gasteiger charge is 2.09. The smallest absolute Gasteiger partial charge is 0.124 e. The van der Waals surface area contributed by atoms with Crippen LogP contribution in [0.4, 0.5) is 0 Å². The first-order chi connectivity index (χ1) is 12.8. The molecule has 0 heterocycles. The monoisotopic (exact) mass is 349 g/mol. The van der Waals surface area contributed by atoms with Gasteiger partial charge in [0.1, 0.15) is 11.5 Å². The molecule has 0 amide bonds.